The van der Waals surface area contributed by atoms with E-state index >= 15 is 0 Å². The number of nitrogens with zero attached hydrogens (tertiary/aromatic N) is 1. The molecule has 1 aromatic carbocycles. The van der Waals surface area contributed by atoms with Crippen molar-refractivity contribution in [3.8, 4) is 5.75 Å². The van der Waals surface area contributed by atoms with Gasteiger partial charge in [0, 0.05) is 12.0 Å². The molecule has 1 aliphatic carbocycles. The van der Waals surface area contributed by atoms with Crippen LogP contribution in [-0.4, -0.2) is 15.1 Å². The number of aromatic nitrogens is 2. The van der Waals surface area contributed by atoms with Crippen molar-refractivity contribution in [3.05, 3.63) is 24.0 Å². The Bertz CT molecular complexity index is 556. The van der Waals surface area contributed by atoms with E-state index in [-0.39, 0.29) is 0 Å². The van der Waals surface area contributed by atoms with Gasteiger partial charge >= 0.3 is 0 Å². The molecule has 1 saturated carbocycles. The molecule has 1 fully saturated rings. The summed E-state index contributed by atoms with van der Waals surface area (Å²) in [7, 11) is 0. The quantitative estimate of drug-likeness (QED) is 0.787. The van der Waals surface area contributed by atoms with Crippen LogP contribution < -0.4 is 0 Å². The molecule has 3 heteroatoms. The molecule has 3 rings (SSSR count). The topological polar surface area (TPSA) is 48.9 Å². The summed E-state index contributed by atoms with van der Waals surface area (Å²) in [5.74, 6) is 1.88. The van der Waals surface area contributed by atoms with Gasteiger partial charge in [0.2, 0.25) is 0 Å². The number of hydrogen-bond donors (Lipinski definition) is 2. The van der Waals surface area contributed by atoms with E-state index in [1.807, 2.05) is 6.07 Å². The number of hydrogen-bond acceptors (Lipinski definition) is 2. The Hall–Kier alpha value is -1.51. The molecule has 0 amide bonds. The number of phenolic OH excluding ortho intramolecular Hbond substituents is 1. The van der Waals surface area contributed by atoms with Crippen molar-refractivity contribution in [1.82, 2.24) is 9.97 Å². The molecule has 1 aliphatic rings. The summed E-state index contributed by atoms with van der Waals surface area (Å²) < 4.78 is 0. The second-order valence-electron chi connectivity index (χ2n) is 5.76. The molecule has 1 unspecified atom stereocenters. The van der Waals surface area contributed by atoms with Crippen LogP contribution in [0.3, 0.4) is 0 Å². The summed E-state index contributed by atoms with van der Waals surface area (Å²) in [5.41, 5.74) is 2.21. The fourth-order valence-electron chi connectivity index (χ4n) is 3.02. The van der Waals surface area contributed by atoms with Gasteiger partial charge in [0.05, 0.1) is 11.0 Å². The molecule has 0 radical (unpaired) electrons. The lowest BCUT2D eigenvalue weighted by molar-refractivity contribution is 0.324. The second-order valence-corrected chi connectivity index (χ2v) is 5.76. The van der Waals surface area contributed by atoms with Gasteiger partial charge in [0.1, 0.15) is 11.6 Å². The highest BCUT2D eigenvalue weighted by Gasteiger charge is 2.37. The lowest BCUT2D eigenvalue weighted by atomic mass is 9.81. The maximum absolute atomic E-state index is 9.46. The van der Waals surface area contributed by atoms with Crippen molar-refractivity contribution in [3.63, 3.8) is 0 Å². The van der Waals surface area contributed by atoms with Gasteiger partial charge in [-0.2, -0.15) is 0 Å². The van der Waals surface area contributed by atoms with E-state index in [0.29, 0.717) is 17.1 Å². The highest BCUT2D eigenvalue weighted by atomic mass is 16.3. The first kappa shape index (κ1) is 10.6. The Morgan fingerprint density at radius 1 is 1.41 bits per heavy atom. The zero-order chi connectivity index (χ0) is 12.0. The smallest absolute Gasteiger partial charge is 0.117 e. The summed E-state index contributed by atoms with van der Waals surface area (Å²) in [6, 6.07) is 5.30. The fraction of sp³-hybridized carbons (Fsp3) is 0.500. The molecular weight excluding hydrogens is 212 g/mol. The Kier molecular flexibility index (Phi) is 2.18. The molecule has 0 saturated heterocycles. The zero-order valence-electron chi connectivity index (χ0n) is 10.3. The third-order valence-electron chi connectivity index (χ3n) is 4.07. The van der Waals surface area contributed by atoms with Crippen molar-refractivity contribution < 1.29 is 5.11 Å². The van der Waals surface area contributed by atoms with Gasteiger partial charge in [-0.1, -0.05) is 20.3 Å². The van der Waals surface area contributed by atoms with E-state index in [4.69, 9.17) is 0 Å². The molecule has 90 valence electrons. The first-order chi connectivity index (χ1) is 8.06. The number of benzene rings is 1. The number of aromatic amines is 1. The number of rotatable bonds is 1. The lowest BCUT2D eigenvalue weighted by Crippen LogP contribution is -2.16. The summed E-state index contributed by atoms with van der Waals surface area (Å²) in [6.07, 6.45) is 3.75. The predicted molar refractivity (Wildman–Crippen MR) is 68.1 cm³/mol. The first-order valence-corrected chi connectivity index (χ1v) is 6.25. The van der Waals surface area contributed by atoms with Crippen LogP contribution in [0.15, 0.2) is 18.2 Å². The molecule has 2 N–H and O–H groups in total. The van der Waals surface area contributed by atoms with Crippen molar-refractivity contribution in [1.29, 1.82) is 0 Å². The van der Waals surface area contributed by atoms with Gasteiger partial charge in [0.15, 0.2) is 0 Å². The Morgan fingerprint density at radius 3 is 2.94 bits per heavy atom. The number of aromatic hydroxyl groups is 1. The standard InChI is InChI=1S/C14H18N2O/c1-14(2)7-3-4-10(14)13-15-11-6-5-9(17)8-12(11)16-13/h5-6,8,10,17H,3-4,7H2,1-2H3,(H,15,16). The number of phenols is 1. The van der Waals surface area contributed by atoms with E-state index in [9.17, 15) is 5.11 Å². The van der Waals surface area contributed by atoms with Crippen molar-refractivity contribution in [2.24, 2.45) is 5.41 Å². The fourth-order valence-corrected chi connectivity index (χ4v) is 3.02. The van der Waals surface area contributed by atoms with Crippen LogP contribution >= 0.6 is 0 Å². The lowest BCUT2D eigenvalue weighted by Gasteiger charge is -2.24. The van der Waals surface area contributed by atoms with E-state index in [1.165, 1.54) is 19.3 Å². The molecule has 0 spiro atoms. The number of imidazole rings is 1. The van der Waals surface area contributed by atoms with E-state index < -0.39 is 0 Å². The molecule has 0 aliphatic heterocycles. The molecule has 1 heterocycles. The predicted octanol–water partition coefficient (Wildman–Crippen LogP) is 3.56. The molecule has 1 aromatic heterocycles. The third-order valence-corrected chi connectivity index (χ3v) is 4.07. The van der Waals surface area contributed by atoms with Crippen LogP contribution in [0.1, 0.15) is 44.9 Å². The molecule has 17 heavy (non-hydrogen) atoms. The number of H-pyrrole nitrogens is 1. The third kappa shape index (κ3) is 1.70. The van der Waals surface area contributed by atoms with Crippen LogP contribution in [0, 0.1) is 5.41 Å². The summed E-state index contributed by atoms with van der Waals surface area (Å²) >= 11 is 0. The van der Waals surface area contributed by atoms with Crippen molar-refractivity contribution in [2.75, 3.05) is 0 Å². The Balaban J connectivity index is 2.06. The number of nitrogens with one attached hydrogen (secondary N) is 1. The van der Waals surface area contributed by atoms with Gasteiger partial charge in [-0.3, -0.25) is 0 Å². The summed E-state index contributed by atoms with van der Waals surface area (Å²) in [6.45, 7) is 4.63. The van der Waals surface area contributed by atoms with Crippen LogP contribution in [-0.2, 0) is 0 Å². The normalized spacial score (nSPS) is 23.3. The SMILES string of the molecule is CC1(C)CCCC1c1nc2ccc(O)cc2[nH]1. The van der Waals surface area contributed by atoms with Crippen molar-refractivity contribution >= 4 is 11.0 Å². The molecule has 3 nitrogen and oxygen atoms in total. The highest BCUT2D eigenvalue weighted by Crippen LogP contribution is 2.48. The minimum absolute atomic E-state index is 0.290. The molecule has 0 bridgehead atoms. The van der Waals surface area contributed by atoms with Gasteiger partial charge in [-0.25, -0.2) is 4.98 Å². The van der Waals surface area contributed by atoms with Gasteiger partial charge in [-0.05, 0) is 30.4 Å². The average Bonchev–Trinajstić information content (AvgIpc) is 2.79. The van der Waals surface area contributed by atoms with Gasteiger partial charge < -0.3 is 10.1 Å². The van der Waals surface area contributed by atoms with Crippen LogP contribution in [0.5, 0.6) is 5.75 Å². The molecule has 1 atom stereocenters. The van der Waals surface area contributed by atoms with Crippen LogP contribution in [0.2, 0.25) is 0 Å². The second kappa shape index (κ2) is 3.49. The van der Waals surface area contributed by atoms with Gasteiger partial charge in [-0.15, -0.1) is 0 Å². The average molecular weight is 230 g/mol. The summed E-state index contributed by atoms with van der Waals surface area (Å²) in [4.78, 5) is 8.03. The molecule has 2 aromatic rings. The monoisotopic (exact) mass is 230 g/mol. The minimum atomic E-state index is 0.290. The first-order valence-electron chi connectivity index (χ1n) is 6.25. The Morgan fingerprint density at radius 2 is 2.24 bits per heavy atom. The highest BCUT2D eigenvalue weighted by molar-refractivity contribution is 5.76. The van der Waals surface area contributed by atoms with E-state index in [0.717, 1.165) is 16.9 Å². The summed E-state index contributed by atoms with van der Waals surface area (Å²) in [5, 5.41) is 9.46. The Labute approximate surface area is 101 Å². The van der Waals surface area contributed by atoms with Crippen LogP contribution in [0.25, 0.3) is 11.0 Å². The zero-order valence-corrected chi connectivity index (χ0v) is 10.3. The largest absolute Gasteiger partial charge is 0.508 e. The minimum Gasteiger partial charge on any atom is -0.508 e. The maximum atomic E-state index is 9.46. The number of fused-ring (bicyclic) bond motifs is 1. The maximum Gasteiger partial charge on any atom is 0.117 e. The van der Waals surface area contributed by atoms with E-state index in [2.05, 4.69) is 23.8 Å². The van der Waals surface area contributed by atoms with Gasteiger partial charge in [0.25, 0.3) is 0 Å². The van der Waals surface area contributed by atoms with Crippen LogP contribution in [0.4, 0.5) is 0 Å². The van der Waals surface area contributed by atoms with Crippen molar-refractivity contribution in [2.45, 2.75) is 39.0 Å². The molecular formula is C14H18N2O. The van der Waals surface area contributed by atoms with E-state index in [1.54, 1.807) is 12.1 Å².